The van der Waals surface area contributed by atoms with Gasteiger partial charge in [-0.25, -0.2) is 0 Å². The van der Waals surface area contributed by atoms with Gasteiger partial charge in [0.2, 0.25) is 0 Å². The summed E-state index contributed by atoms with van der Waals surface area (Å²) in [5, 5.41) is -1.97. The lowest BCUT2D eigenvalue weighted by Gasteiger charge is -2.35. The van der Waals surface area contributed by atoms with E-state index in [1.165, 1.54) is 13.3 Å². The molecule has 0 saturated heterocycles. The predicted octanol–water partition coefficient (Wildman–Crippen LogP) is 2.20. The van der Waals surface area contributed by atoms with Gasteiger partial charge in [-0.2, -0.15) is 9.42 Å². The Bertz CT molecular complexity index is 1180. The topological polar surface area (TPSA) is 94.9 Å². The van der Waals surface area contributed by atoms with E-state index in [0.29, 0.717) is 5.75 Å². The Balaban J connectivity index is 1.75. The summed E-state index contributed by atoms with van der Waals surface area (Å²) in [7, 11) is 9.85. The Morgan fingerprint density at radius 1 is 1.47 bits per heavy atom. The summed E-state index contributed by atoms with van der Waals surface area (Å²) in [4.78, 5) is 25.1. The van der Waals surface area contributed by atoms with Crippen LogP contribution in [0.5, 0.6) is 5.75 Å². The highest BCUT2D eigenvalue weighted by Gasteiger charge is 2.55. The second-order valence-electron chi connectivity index (χ2n) is 7.50. The number of fused-ring (bicyclic) bond motifs is 1. The van der Waals surface area contributed by atoms with Crippen molar-refractivity contribution in [2.75, 3.05) is 7.11 Å². The van der Waals surface area contributed by atoms with Gasteiger partial charge in [0.25, 0.3) is 5.56 Å². The molecule has 32 heavy (non-hydrogen) atoms. The second-order valence-corrected chi connectivity index (χ2v) is 9.45. The Morgan fingerprint density at radius 2 is 2.19 bits per heavy atom. The molecular weight excluding hydrogens is 449 g/mol. The van der Waals surface area contributed by atoms with Crippen molar-refractivity contribution in [3.05, 3.63) is 55.7 Å². The molecule has 3 rings (SSSR count). The van der Waals surface area contributed by atoms with Crippen LogP contribution < -0.4 is 10.1 Å². The van der Waals surface area contributed by atoms with E-state index < -0.39 is 25.2 Å². The van der Waals surface area contributed by atoms with Gasteiger partial charge in [0.15, 0.2) is 10.5 Å². The number of ether oxygens (including phenoxy) is 1. The molecule has 0 bridgehead atoms. The number of nitrogens with one attached hydrogen (secondary N) is 1. The lowest BCUT2D eigenvalue weighted by molar-refractivity contribution is -0.0179. The molecule has 0 spiro atoms. The van der Waals surface area contributed by atoms with Gasteiger partial charge in [-0.15, -0.1) is 10.9 Å². The first-order chi connectivity index (χ1) is 15.0. The zero-order valence-corrected chi connectivity index (χ0v) is 19.7. The molecule has 0 amide bonds. The summed E-state index contributed by atoms with van der Waals surface area (Å²) in [5.41, 5.74) is 2.33. The van der Waals surface area contributed by atoms with E-state index in [1.54, 1.807) is 4.57 Å². The molecule has 4 radical (unpaired) electrons. The van der Waals surface area contributed by atoms with Crippen molar-refractivity contribution in [2.24, 2.45) is 0 Å². The van der Waals surface area contributed by atoms with E-state index in [4.69, 9.17) is 52.6 Å². The number of hydrogen-bond donors (Lipinski definition) is 2. The molecule has 1 aromatic carbocycles. The molecule has 0 aliphatic carbocycles. The minimum Gasteiger partial charge on any atom is -0.380 e. The van der Waals surface area contributed by atoms with Crippen LogP contribution in [-0.2, 0) is 26.9 Å². The second kappa shape index (κ2) is 9.52. The Labute approximate surface area is 194 Å². The molecule has 2 unspecified atom stereocenters. The molecule has 2 aromatic rings. The highest BCUT2D eigenvalue weighted by atomic mass is 32.1. The van der Waals surface area contributed by atoms with Gasteiger partial charge in [-0.05, 0) is 44.1 Å². The van der Waals surface area contributed by atoms with Crippen LogP contribution in [0.25, 0.3) is 0 Å². The van der Waals surface area contributed by atoms with Gasteiger partial charge >= 0.3 is 8.17 Å². The van der Waals surface area contributed by atoms with Crippen molar-refractivity contribution in [3.8, 4) is 18.1 Å². The van der Waals surface area contributed by atoms with Crippen molar-refractivity contribution in [1.82, 2.24) is 9.55 Å². The van der Waals surface area contributed by atoms with Gasteiger partial charge < -0.3 is 9.30 Å². The van der Waals surface area contributed by atoms with Crippen molar-refractivity contribution in [2.45, 2.75) is 44.9 Å². The summed E-state index contributed by atoms with van der Waals surface area (Å²) in [6.45, 7) is 4.14. The zero-order valence-electron chi connectivity index (χ0n) is 18.0. The third-order valence-electron chi connectivity index (χ3n) is 4.95. The van der Waals surface area contributed by atoms with Crippen molar-refractivity contribution < 1.29 is 23.2 Å². The fraction of sp³-hybridized carbons (Fsp3) is 0.400. The monoisotopic (exact) mass is 471 g/mol. The highest BCUT2D eigenvalue weighted by molar-refractivity contribution is 7.71. The number of benzene rings is 1. The Hall–Kier alpha value is -1.92. The fourth-order valence-corrected chi connectivity index (χ4v) is 5.13. The fourth-order valence-electron chi connectivity index (χ4n) is 3.44. The van der Waals surface area contributed by atoms with Crippen molar-refractivity contribution >= 4 is 36.1 Å². The molecule has 12 heteroatoms. The third kappa shape index (κ3) is 5.34. The number of methoxy groups -OCH3 is 1. The molecule has 1 aromatic heterocycles. The number of aryl methyl sites for hydroxylation is 3. The Morgan fingerprint density at radius 3 is 2.84 bits per heavy atom. The van der Waals surface area contributed by atoms with Crippen LogP contribution in [-0.4, -0.2) is 48.8 Å². The maximum atomic E-state index is 11.7. The normalized spacial score (nSPS) is 19.0. The van der Waals surface area contributed by atoms with Crippen LogP contribution in [0.1, 0.15) is 28.7 Å². The van der Waals surface area contributed by atoms with E-state index in [-0.39, 0.29) is 29.9 Å². The predicted molar refractivity (Wildman–Crippen MR) is 125 cm³/mol. The molecule has 2 atom stereocenters. The first kappa shape index (κ1) is 24.7. The molecular formula is C20H22B2N2O6PS+. The molecule has 0 saturated carbocycles. The van der Waals surface area contributed by atoms with Gasteiger partial charge in [-0.1, -0.05) is 17.6 Å². The van der Waals surface area contributed by atoms with Crippen LogP contribution in [0.15, 0.2) is 23.1 Å². The molecule has 1 aliphatic heterocycles. The number of aromatic amines is 1. The number of aromatic nitrogens is 2. The first-order valence-electron chi connectivity index (χ1n) is 9.65. The van der Waals surface area contributed by atoms with Crippen LogP contribution in [0.3, 0.4) is 0 Å². The summed E-state index contributed by atoms with van der Waals surface area (Å²) in [6.07, 6.45) is 6.11. The standard InChI is InChI=1S/C20H21B2N2O6PS/c1-5-14-10-24(19(32)23-18(14)25)7-6-16(27-4)20(21,22)30-31(26)28-11-15-9-12(2)8-13(3)17(15)29-31/h1,8-10,16,26H,6-7,11H2,2-4H3/p+1. The maximum absolute atomic E-state index is 11.7. The minimum absolute atomic E-state index is 0.0806. The van der Waals surface area contributed by atoms with Crippen molar-refractivity contribution in [1.29, 1.82) is 0 Å². The number of H-pyrrole nitrogens is 1. The minimum atomic E-state index is -3.88. The molecule has 2 N–H and O–H groups in total. The molecule has 2 heterocycles. The number of rotatable bonds is 7. The van der Waals surface area contributed by atoms with E-state index in [9.17, 15) is 9.69 Å². The smallest absolute Gasteiger partial charge is 0.380 e. The molecule has 0 fully saturated rings. The zero-order chi connectivity index (χ0) is 23.7. The van der Waals surface area contributed by atoms with Crippen LogP contribution >= 0.6 is 20.4 Å². The number of hydrogen-bond acceptors (Lipinski definition) is 7. The highest BCUT2D eigenvalue weighted by Crippen LogP contribution is 2.63. The van der Waals surface area contributed by atoms with Crippen LogP contribution in [0, 0.1) is 31.0 Å². The average molecular weight is 471 g/mol. The van der Waals surface area contributed by atoms with Crippen LogP contribution in [0.4, 0.5) is 0 Å². The lowest BCUT2D eigenvalue weighted by Crippen LogP contribution is -2.48. The Kier molecular flexibility index (Phi) is 7.35. The summed E-state index contributed by atoms with van der Waals surface area (Å²) < 4.78 is 23.9. The summed E-state index contributed by atoms with van der Waals surface area (Å²) >= 11 is 5.17. The maximum Gasteiger partial charge on any atom is 0.618 e. The van der Waals surface area contributed by atoms with Gasteiger partial charge in [0.1, 0.15) is 27.9 Å². The largest absolute Gasteiger partial charge is 0.618 e. The quantitative estimate of drug-likeness (QED) is 0.277. The van der Waals surface area contributed by atoms with E-state index in [0.717, 1.165) is 16.7 Å². The van der Waals surface area contributed by atoms with Crippen LogP contribution in [0.2, 0.25) is 0 Å². The van der Waals surface area contributed by atoms with E-state index in [1.807, 2.05) is 26.0 Å². The first-order valence-corrected chi connectivity index (χ1v) is 11.6. The van der Waals surface area contributed by atoms with E-state index in [2.05, 4.69) is 10.9 Å². The summed E-state index contributed by atoms with van der Waals surface area (Å²) in [6, 6.07) is 3.82. The third-order valence-corrected chi connectivity index (χ3v) is 6.70. The van der Waals surface area contributed by atoms with Gasteiger partial charge in [0, 0.05) is 25.4 Å². The number of nitrogens with zero attached hydrogens (tertiary/aromatic N) is 1. The molecule has 1 aliphatic rings. The van der Waals surface area contributed by atoms with Gasteiger partial charge in [-0.3, -0.25) is 14.3 Å². The average Bonchev–Trinajstić information content (AvgIpc) is 2.69. The molecule has 164 valence electrons. The van der Waals surface area contributed by atoms with E-state index >= 15 is 0 Å². The van der Waals surface area contributed by atoms with Crippen molar-refractivity contribution in [3.63, 3.8) is 0 Å². The lowest BCUT2D eigenvalue weighted by atomic mass is 9.61. The van der Waals surface area contributed by atoms with Gasteiger partial charge in [0.05, 0.1) is 11.5 Å². The summed E-state index contributed by atoms with van der Waals surface area (Å²) in [5.74, 6) is 2.77. The SMILES string of the molecule is [B]C([B])(O[P+]1(O)OCc2cc(C)cc(C)c2O1)C(CCn1cc(C#C)c(=O)[nH]c1=S)OC. The molecule has 8 nitrogen and oxygen atoms in total. The number of terminal acetylenes is 1.